The van der Waals surface area contributed by atoms with Gasteiger partial charge in [-0.2, -0.15) is 0 Å². The minimum atomic E-state index is -0.0102. The van der Waals surface area contributed by atoms with Crippen LogP contribution in [-0.2, 0) is 18.9 Å². The van der Waals surface area contributed by atoms with E-state index in [9.17, 15) is 0 Å². The summed E-state index contributed by atoms with van der Waals surface area (Å²) < 4.78 is 25.4. The molecule has 1 heterocycles. The molecule has 4 fully saturated rings. The average molecular weight is 924 g/mol. The predicted molar refractivity (Wildman–Crippen MR) is 281 cm³/mol. The van der Waals surface area contributed by atoms with E-state index in [1.807, 2.05) is 0 Å². The van der Waals surface area contributed by atoms with Crippen molar-refractivity contribution in [1.82, 2.24) is 4.90 Å². The van der Waals surface area contributed by atoms with Gasteiger partial charge in [-0.3, -0.25) is 0 Å². The number of unbranched alkanes of at least 4 members (excludes halogenated alkanes) is 12. The van der Waals surface area contributed by atoms with Gasteiger partial charge in [0.05, 0.1) is 18.8 Å². The third-order valence-electron chi connectivity index (χ3n) is 18.4. The molecule has 0 aromatic rings. The van der Waals surface area contributed by atoms with Crippen molar-refractivity contribution in [1.29, 1.82) is 0 Å². The summed E-state index contributed by atoms with van der Waals surface area (Å²) >= 11 is 0. The smallest absolute Gasteiger partial charge is 0.0934 e. The van der Waals surface area contributed by atoms with Crippen molar-refractivity contribution in [3.63, 3.8) is 0 Å². The van der Waals surface area contributed by atoms with Gasteiger partial charge in [0.25, 0.3) is 0 Å². The largest absolute Gasteiger partial charge is 0.381 e. The maximum Gasteiger partial charge on any atom is 0.0934 e. The van der Waals surface area contributed by atoms with E-state index < -0.39 is 0 Å². The first-order valence-electron chi connectivity index (χ1n) is 29.3. The van der Waals surface area contributed by atoms with E-state index >= 15 is 0 Å². The van der Waals surface area contributed by atoms with Crippen LogP contribution in [0.15, 0.2) is 23.8 Å². The Hall–Kier alpha value is -0.760. The lowest BCUT2D eigenvalue weighted by atomic mass is 9.44. The van der Waals surface area contributed by atoms with Crippen LogP contribution in [0, 0.1) is 40.4 Å². The summed E-state index contributed by atoms with van der Waals surface area (Å²) in [6.07, 6.45) is 48.1. The second-order valence-electron chi connectivity index (χ2n) is 23.8. The summed E-state index contributed by atoms with van der Waals surface area (Å²) in [5.41, 5.74) is 10.0. The van der Waals surface area contributed by atoms with E-state index in [4.69, 9.17) is 24.7 Å². The molecule has 0 aromatic carbocycles. The molecule has 384 valence electrons. The van der Waals surface area contributed by atoms with Crippen LogP contribution in [0.25, 0.3) is 0 Å². The highest BCUT2D eigenvalue weighted by Gasteiger charge is 2.65. The van der Waals surface area contributed by atoms with Gasteiger partial charge in [0.15, 0.2) is 0 Å². The number of nitrogens with zero attached hydrogens (tertiary/aromatic N) is 1. The Morgan fingerprint density at radius 3 is 2.06 bits per heavy atom. The summed E-state index contributed by atoms with van der Waals surface area (Å²) in [4.78, 5) is 2.62. The molecule has 1 saturated heterocycles. The fourth-order valence-electron chi connectivity index (χ4n) is 14.2. The molecule has 66 heavy (non-hydrogen) atoms. The van der Waals surface area contributed by atoms with Gasteiger partial charge < -0.3 is 29.6 Å². The lowest BCUT2D eigenvalue weighted by Gasteiger charge is -2.62. The number of likely N-dealkylation sites (tertiary alicyclic amines) is 1. The summed E-state index contributed by atoms with van der Waals surface area (Å²) in [7, 11) is 0. The molecule has 0 spiro atoms. The molecule has 9 unspecified atom stereocenters. The Balaban J connectivity index is 0.903. The van der Waals surface area contributed by atoms with Gasteiger partial charge in [0.2, 0.25) is 0 Å². The molecule has 1 aliphatic heterocycles. The van der Waals surface area contributed by atoms with E-state index in [0.717, 1.165) is 82.5 Å². The second kappa shape index (κ2) is 30.9. The SMILES string of the molecule is CCCCCCCCC=CCCCCCCCCOCC(CN1CCCCCC1)OCCCOCCCOC1CCC2(C)C(=CCC3C2CCC2(C)C(C(C)CCCC(C)C)CCC32N)C1. The number of hydrogen-bond acceptors (Lipinski definition) is 6. The number of rotatable bonds is 35. The zero-order valence-corrected chi connectivity index (χ0v) is 44.7. The van der Waals surface area contributed by atoms with Crippen LogP contribution < -0.4 is 5.73 Å². The molecule has 2 N–H and O–H groups in total. The Morgan fingerprint density at radius 1 is 0.682 bits per heavy atom. The van der Waals surface area contributed by atoms with Gasteiger partial charge in [-0.15, -0.1) is 0 Å². The monoisotopic (exact) mass is 923 g/mol. The van der Waals surface area contributed by atoms with Gasteiger partial charge in [-0.25, -0.2) is 0 Å². The van der Waals surface area contributed by atoms with Gasteiger partial charge in [-0.1, -0.05) is 155 Å². The topological polar surface area (TPSA) is 66.2 Å². The van der Waals surface area contributed by atoms with Gasteiger partial charge in [0, 0.05) is 45.1 Å². The van der Waals surface area contributed by atoms with E-state index in [1.54, 1.807) is 5.57 Å². The molecule has 9 atom stereocenters. The Bertz CT molecular complexity index is 1330. The number of allylic oxidation sites excluding steroid dienone is 3. The molecule has 0 amide bonds. The summed E-state index contributed by atoms with van der Waals surface area (Å²) in [5.74, 6) is 3.75. The van der Waals surface area contributed by atoms with Crippen molar-refractivity contribution in [2.45, 2.75) is 258 Å². The van der Waals surface area contributed by atoms with Crippen molar-refractivity contribution in [3.8, 4) is 0 Å². The minimum absolute atomic E-state index is 0.0102. The molecule has 6 heteroatoms. The van der Waals surface area contributed by atoms with E-state index in [-0.39, 0.29) is 17.1 Å². The number of ether oxygens (including phenoxy) is 4. The molecule has 0 bridgehead atoms. The van der Waals surface area contributed by atoms with Crippen LogP contribution in [0.4, 0.5) is 0 Å². The van der Waals surface area contributed by atoms with Gasteiger partial charge in [-0.05, 0) is 163 Å². The van der Waals surface area contributed by atoms with Crippen LogP contribution >= 0.6 is 0 Å². The standard InChI is InChI=1S/C60H110N2O4/c1-7-8-9-10-11-12-13-14-15-16-17-18-19-20-23-26-42-64-49-54(48-62-40-24-21-22-25-41-62)66-46-29-44-63-43-28-45-65-53-34-37-58(5)52(47-53)32-33-57-56(58)35-38-59(6)55(36-39-60(57,59)61)51(4)31-27-30-50(2)3/h14-15,32,50-51,53-57H,7-13,16-31,33-49,61H2,1-6H3. The van der Waals surface area contributed by atoms with E-state index in [0.29, 0.717) is 24.0 Å². The van der Waals surface area contributed by atoms with Gasteiger partial charge in [0.1, 0.15) is 0 Å². The quantitative estimate of drug-likeness (QED) is 0.0505. The van der Waals surface area contributed by atoms with Crippen molar-refractivity contribution in [3.05, 3.63) is 23.8 Å². The molecule has 0 aromatic heterocycles. The molecular formula is C60H110N2O4. The van der Waals surface area contributed by atoms with Crippen molar-refractivity contribution in [2.24, 2.45) is 46.2 Å². The zero-order valence-electron chi connectivity index (χ0n) is 44.7. The predicted octanol–water partition coefficient (Wildman–Crippen LogP) is 15.6. The molecule has 5 rings (SSSR count). The summed E-state index contributed by atoms with van der Waals surface area (Å²) in [5, 5.41) is 0. The third-order valence-corrected chi connectivity index (χ3v) is 18.4. The van der Waals surface area contributed by atoms with Crippen molar-refractivity contribution in [2.75, 3.05) is 59.3 Å². The zero-order chi connectivity index (χ0) is 46.9. The lowest BCUT2D eigenvalue weighted by molar-refractivity contribution is -0.0788. The first kappa shape index (κ1) is 56.2. The second-order valence-corrected chi connectivity index (χ2v) is 23.8. The summed E-state index contributed by atoms with van der Waals surface area (Å²) in [6, 6.07) is 0. The fraction of sp³-hybridized carbons (Fsp3) is 0.933. The van der Waals surface area contributed by atoms with Crippen molar-refractivity contribution < 1.29 is 18.9 Å². The summed E-state index contributed by atoms with van der Waals surface area (Å²) in [6.45, 7) is 22.9. The van der Waals surface area contributed by atoms with Crippen LogP contribution in [0.3, 0.4) is 0 Å². The first-order chi connectivity index (χ1) is 32.1. The number of nitrogens with two attached hydrogens (primary N) is 1. The molecular weight excluding hydrogens is 813 g/mol. The number of hydrogen-bond donors (Lipinski definition) is 1. The molecule has 3 saturated carbocycles. The highest BCUT2D eigenvalue weighted by atomic mass is 16.5. The van der Waals surface area contributed by atoms with Crippen molar-refractivity contribution >= 4 is 0 Å². The van der Waals surface area contributed by atoms with Gasteiger partial charge >= 0.3 is 0 Å². The Labute approximate surface area is 409 Å². The normalized spacial score (nSPS) is 30.3. The average Bonchev–Trinajstić information content (AvgIpc) is 3.40. The Kier molecular flexibility index (Phi) is 26.3. The third kappa shape index (κ3) is 17.5. The fourth-order valence-corrected chi connectivity index (χ4v) is 14.2. The van der Waals surface area contributed by atoms with Crippen LogP contribution in [-0.4, -0.2) is 81.9 Å². The highest BCUT2D eigenvalue weighted by Crippen LogP contribution is 2.68. The molecule has 0 radical (unpaired) electrons. The minimum Gasteiger partial charge on any atom is -0.381 e. The van der Waals surface area contributed by atoms with Crippen LogP contribution in [0.2, 0.25) is 0 Å². The number of fused-ring (bicyclic) bond motifs is 5. The molecule has 5 aliphatic rings. The first-order valence-corrected chi connectivity index (χ1v) is 29.3. The van der Waals surface area contributed by atoms with Crippen LogP contribution in [0.5, 0.6) is 0 Å². The molecule has 4 aliphatic carbocycles. The Morgan fingerprint density at radius 2 is 1.35 bits per heavy atom. The molecule has 6 nitrogen and oxygen atoms in total. The van der Waals surface area contributed by atoms with Crippen LogP contribution in [0.1, 0.15) is 241 Å². The van der Waals surface area contributed by atoms with E-state index in [1.165, 1.54) is 193 Å². The maximum absolute atomic E-state index is 7.73. The lowest BCUT2D eigenvalue weighted by Crippen LogP contribution is -2.65. The van der Waals surface area contributed by atoms with E-state index in [2.05, 4.69) is 64.7 Å². The highest BCUT2D eigenvalue weighted by molar-refractivity contribution is 5.29. The maximum atomic E-state index is 7.73.